The number of hydrogen-bond acceptors (Lipinski definition) is 6. The van der Waals surface area contributed by atoms with E-state index in [-0.39, 0.29) is 0 Å². The molecule has 5 nitrogen and oxygen atoms in total. The SMILES string of the molecule is Nc1cnccc1-c1nc(C2CCCCS2)no1. The van der Waals surface area contributed by atoms with Gasteiger partial charge in [-0.15, -0.1) is 0 Å². The Hall–Kier alpha value is -1.56. The highest BCUT2D eigenvalue weighted by Gasteiger charge is 2.22. The number of nitrogen functional groups attached to an aromatic ring is 1. The molecule has 1 atom stereocenters. The van der Waals surface area contributed by atoms with E-state index in [1.54, 1.807) is 18.5 Å². The topological polar surface area (TPSA) is 77.8 Å². The molecule has 3 heterocycles. The second-order valence-corrected chi connectivity index (χ2v) is 5.59. The molecule has 1 aliphatic rings. The van der Waals surface area contributed by atoms with Gasteiger partial charge in [-0.2, -0.15) is 16.7 Å². The van der Waals surface area contributed by atoms with E-state index in [0.29, 0.717) is 16.8 Å². The molecule has 0 bridgehead atoms. The lowest BCUT2D eigenvalue weighted by Crippen LogP contribution is -2.03. The quantitative estimate of drug-likeness (QED) is 0.896. The maximum atomic E-state index is 5.84. The minimum Gasteiger partial charge on any atom is -0.397 e. The van der Waals surface area contributed by atoms with Gasteiger partial charge in [0.15, 0.2) is 5.82 Å². The van der Waals surface area contributed by atoms with E-state index in [0.717, 1.165) is 17.8 Å². The molecule has 1 aliphatic heterocycles. The Morgan fingerprint density at radius 1 is 1.39 bits per heavy atom. The fraction of sp³-hybridized carbons (Fsp3) is 0.417. The third-order valence-corrected chi connectivity index (χ3v) is 4.36. The number of hydrogen-bond donors (Lipinski definition) is 1. The van der Waals surface area contributed by atoms with E-state index >= 15 is 0 Å². The Balaban J connectivity index is 1.87. The van der Waals surface area contributed by atoms with Crippen LogP contribution in [0, 0.1) is 0 Å². The van der Waals surface area contributed by atoms with Gasteiger partial charge in [0.2, 0.25) is 0 Å². The zero-order valence-electron chi connectivity index (χ0n) is 9.87. The molecule has 0 aromatic carbocycles. The van der Waals surface area contributed by atoms with Crippen LogP contribution in [0.15, 0.2) is 23.0 Å². The smallest absolute Gasteiger partial charge is 0.260 e. The lowest BCUT2D eigenvalue weighted by atomic mass is 10.2. The molecule has 2 N–H and O–H groups in total. The second-order valence-electron chi connectivity index (χ2n) is 4.28. The molecule has 1 unspecified atom stereocenters. The zero-order chi connectivity index (χ0) is 12.4. The van der Waals surface area contributed by atoms with Gasteiger partial charge in [0.1, 0.15) is 0 Å². The van der Waals surface area contributed by atoms with Gasteiger partial charge in [-0.1, -0.05) is 11.6 Å². The van der Waals surface area contributed by atoms with E-state index in [2.05, 4.69) is 15.1 Å². The number of aromatic nitrogens is 3. The summed E-state index contributed by atoms with van der Waals surface area (Å²) >= 11 is 1.90. The average Bonchev–Trinajstić information content (AvgIpc) is 2.90. The number of anilines is 1. The number of nitrogens with two attached hydrogens (primary N) is 1. The first-order chi connectivity index (χ1) is 8.84. The molecule has 0 radical (unpaired) electrons. The summed E-state index contributed by atoms with van der Waals surface area (Å²) in [7, 11) is 0. The monoisotopic (exact) mass is 262 g/mol. The normalized spacial score (nSPS) is 19.9. The van der Waals surface area contributed by atoms with Gasteiger partial charge in [-0.05, 0) is 24.7 Å². The highest BCUT2D eigenvalue weighted by molar-refractivity contribution is 7.99. The van der Waals surface area contributed by atoms with Crippen molar-refractivity contribution in [2.75, 3.05) is 11.5 Å². The van der Waals surface area contributed by atoms with Gasteiger partial charge in [0.05, 0.1) is 22.7 Å². The summed E-state index contributed by atoms with van der Waals surface area (Å²) in [5, 5.41) is 4.43. The Kier molecular flexibility index (Phi) is 3.19. The molecular weight excluding hydrogens is 248 g/mol. The average molecular weight is 262 g/mol. The van der Waals surface area contributed by atoms with Crippen molar-refractivity contribution in [1.82, 2.24) is 15.1 Å². The maximum absolute atomic E-state index is 5.84. The van der Waals surface area contributed by atoms with Gasteiger partial charge in [0.25, 0.3) is 5.89 Å². The number of thioether (sulfide) groups is 1. The van der Waals surface area contributed by atoms with Crippen molar-refractivity contribution in [2.24, 2.45) is 0 Å². The van der Waals surface area contributed by atoms with Crippen molar-refractivity contribution >= 4 is 17.4 Å². The molecule has 94 valence electrons. The van der Waals surface area contributed by atoms with Gasteiger partial charge in [0, 0.05) is 6.20 Å². The minimum absolute atomic E-state index is 0.360. The summed E-state index contributed by atoms with van der Waals surface area (Å²) < 4.78 is 5.30. The first-order valence-corrected chi connectivity index (χ1v) is 7.04. The molecule has 2 aromatic heterocycles. The molecule has 0 aliphatic carbocycles. The Labute approximate surface area is 109 Å². The standard InChI is InChI=1S/C12H14N4OS/c13-9-7-14-5-4-8(9)12-15-11(16-17-12)10-3-1-2-6-18-10/h4-5,7,10H,1-3,6,13H2. The number of nitrogens with zero attached hydrogens (tertiary/aromatic N) is 3. The summed E-state index contributed by atoms with van der Waals surface area (Å²) in [6.07, 6.45) is 6.90. The number of pyridine rings is 1. The van der Waals surface area contributed by atoms with E-state index in [9.17, 15) is 0 Å². The lowest BCUT2D eigenvalue weighted by molar-refractivity contribution is 0.420. The van der Waals surface area contributed by atoms with Crippen LogP contribution in [-0.4, -0.2) is 20.9 Å². The highest BCUT2D eigenvalue weighted by Crippen LogP contribution is 2.37. The zero-order valence-corrected chi connectivity index (χ0v) is 10.7. The fourth-order valence-electron chi connectivity index (χ4n) is 2.02. The number of rotatable bonds is 2. The molecule has 0 saturated carbocycles. The summed E-state index contributed by atoms with van der Waals surface area (Å²) in [6, 6.07) is 1.79. The maximum Gasteiger partial charge on any atom is 0.260 e. The van der Waals surface area contributed by atoms with Crippen molar-refractivity contribution in [3.8, 4) is 11.5 Å². The fourth-order valence-corrected chi connectivity index (χ4v) is 3.25. The summed E-state index contributed by atoms with van der Waals surface area (Å²) in [5.41, 5.74) is 7.16. The Morgan fingerprint density at radius 3 is 3.11 bits per heavy atom. The van der Waals surface area contributed by atoms with E-state index in [1.165, 1.54) is 18.6 Å². The molecule has 3 rings (SSSR count). The van der Waals surface area contributed by atoms with Crippen LogP contribution >= 0.6 is 11.8 Å². The Bertz CT molecular complexity index is 536. The van der Waals surface area contributed by atoms with Gasteiger partial charge in [-0.3, -0.25) is 4.98 Å². The van der Waals surface area contributed by atoms with Crippen LogP contribution in [0.5, 0.6) is 0 Å². The third-order valence-electron chi connectivity index (χ3n) is 2.99. The largest absolute Gasteiger partial charge is 0.397 e. The predicted molar refractivity (Wildman–Crippen MR) is 71.0 cm³/mol. The molecule has 1 saturated heterocycles. The molecule has 1 fully saturated rings. The van der Waals surface area contributed by atoms with Gasteiger partial charge < -0.3 is 10.3 Å². The first-order valence-electron chi connectivity index (χ1n) is 5.99. The Morgan fingerprint density at radius 2 is 2.33 bits per heavy atom. The van der Waals surface area contributed by atoms with Crippen molar-refractivity contribution < 1.29 is 4.52 Å². The molecule has 2 aromatic rings. The van der Waals surface area contributed by atoms with Crippen molar-refractivity contribution in [2.45, 2.75) is 24.5 Å². The molecule has 0 amide bonds. The summed E-state index contributed by atoms with van der Waals surface area (Å²) in [4.78, 5) is 8.41. The van der Waals surface area contributed by atoms with Crippen molar-refractivity contribution in [3.63, 3.8) is 0 Å². The predicted octanol–water partition coefficient (Wildman–Crippen LogP) is 2.67. The third kappa shape index (κ3) is 2.20. The van der Waals surface area contributed by atoms with E-state index < -0.39 is 0 Å². The highest BCUT2D eigenvalue weighted by atomic mass is 32.2. The lowest BCUT2D eigenvalue weighted by Gasteiger charge is -2.17. The van der Waals surface area contributed by atoms with Crippen molar-refractivity contribution in [3.05, 3.63) is 24.3 Å². The first kappa shape index (κ1) is 11.5. The van der Waals surface area contributed by atoms with Crippen LogP contribution in [0.3, 0.4) is 0 Å². The van der Waals surface area contributed by atoms with Crippen LogP contribution in [0.25, 0.3) is 11.5 Å². The van der Waals surface area contributed by atoms with Crippen molar-refractivity contribution in [1.29, 1.82) is 0 Å². The van der Waals surface area contributed by atoms with Crippen LogP contribution in [-0.2, 0) is 0 Å². The van der Waals surface area contributed by atoms with Crippen LogP contribution < -0.4 is 5.73 Å². The van der Waals surface area contributed by atoms with Crippen LogP contribution in [0.4, 0.5) is 5.69 Å². The molecular formula is C12H14N4OS. The molecule has 6 heteroatoms. The molecule has 18 heavy (non-hydrogen) atoms. The summed E-state index contributed by atoms with van der Waals surface area (Å²) in [5.74, 6) is 2.44. The van der Waals surface area contributed by atoms with Gasteiger partial charge >= 0.3 is 0 Å². The van der Waals surface area contributed by atoms with E-state index in [1.807, 2.05) is 11.8 Å². The summed E-state index contributed by atoms with van der Waals surface area (Å²) in [6.45, 7) is 0. The van der Waals surface area contributed by atoms with Gasteiger partial charge in [-0.25, -0.2) is 0 Å². The van der Waals surface area contributed by atoms with Crippen LogP contribution in [0.1, 0.15) is 30.3 Å². The minimum atomic E-state index is 0.360. The van der Waals surface area contributed by atoms with E-state index in [4.69, 9.17) is 10.3 Å². The molecule has 0 spiro atoms. The van der Waals surface area contributed by atoms with Crippen LogP contribution in [0.2, 0.25) is 0 Å². The second kappa shape index (κ2) is 4.97.